The van der Waals surface area contributed by atoms with Crippen LogP contribution in [0.4, 0.5) is 17.3 Å². The normalized spacial score (nSPS) is 26.4. The fourth-order valence-corrected chi connectivity index (χ4v) is 13.0. The largest absolute Gasteiger partial charge is 0.494 e. The van der Waals surface area contributed by atoms with Gasteiger partial charge in [-0.25, -0.2) is 4.98 Å². The molecule has 2 amide bonds. The predicted molar refractivity (Wildman–Crippen MR) is 255 cm³/mol. The first kappa shape index (κ1) is 45.0. The van der Waals surface area contributed by atoms with E-state index in [1.165, 1.54) is 103 Å². The summed E-state index contributed by atoms with van der Waals surface area (Å²) in [5.74, 6) is 4.55. The van der Waals surface area contributed by atoms with Crippen LogP contribution in [0.2, 0.25) is 0 Å². The summed E-state index contributed by atoms with van der Waals surface area (Å²) in [6.07, 6.45) is 28.2. The van der Waals surface area contributed by atoms with Gasteiger partial charge in [-0.15, -0.1) is 0 Å². The van der Waals surface area contributed by atoms with Crippen LogP contribution in [0.3, 0.4) is 0 Å². The summed E-state index contributed by atoms with van der Waals surface area (Å²) in [6.45, 7) is 8.07. The molecule has 3 N–H and O–H groups in total. The number of unbranched alkanes of at least 4 members (excludes halogenated alkanes) is 9. The van der Waals surface area contributed by atoms with Gasteiger partial charge in [0.2, 0.25) is 17.8 Å². The van der Waals surface area contributed by atoms with Crippen molar-refractivity contribution >= 4 is 40.2 Å². The maximum atomic E-state index is 13.4. The van der Waals surface area contributed by atoms with Crippen LogP contribution in [0, 0.1) is 36.0 Å². The molecule has 10 rings (SSSR count). The Morgan fingerprint density at radius 1 is 0.812 bits per heavy atom. The summed E-state index contributed by atoms with van der Waals surface area (Å²) in [4.78, 5) is 53.3. The highest BCUT2D eigenvalue weighted by atomic mass is 16.5. The lowest BCUT2D eigenvalue weighted by molar-refractivity contribution is -0.129. The van der Waals surface area contributed by atoms with E-state index >= 15 is 0 Å². The van der Waals surface area contributed by atoms with Crippen molar-refractivity contribution in [2.24, 2.45) is 29.1 Å². The zero-order chi connectivity index (χ0) is 44.0. The van der Waals surface area contributed by atoms with E-state index in [9.17, 15) is 14.4 Å². The number of carbonyl (C=O) groups is 2. The van der Waals surface area contributed by atoms with Gasteiger partial charge in [-0.2, -0.15) is 4.98 Å². The van der Waals surface area contributed by atoms with Crippen molar-refractivity contribution in [2.75, 3.05) is 56.6 Å². The van der Waals surface area contributed by atoms with E-state index in [2.05, 4.69) is 42.9 Å². The Morgan fingerprint density at radius 2 is 1.48 bits per heavy atom. The zero-order valence-corrected chi connectivity index (χ0v) is 39.0. The van der Waals surface area contributed by atoms with Crippen molar-refractivity contribution in [3.63, 3.8) is 0 Å². The summed E-state index contributed by atoms with van der Waals surface area (Å²) >= 11 is 0. The average molecular weight is 877 g/mol. The number of nitrogens with one attached hydrogen (secondary N) is 3. The maximum Gasteiger partial charge on any atom is 0.252 e. The van der Waals surface area contributed by atoms with Gasteiger partial charge in [0.15, 0.2) is 0 Å². The van der Waals surface area contributed by atoms with Crippen molar-refractivity contribution in [3.05, 3.63) is 46.4 Å². The fourth-order valence-electron chi connectivity index (χ4n) is 13.0. The Morgan fingerprint density at radius 3 is 2.16 bits per heavy atom. The summed E-state index contributed by atoms with van der Waals surface area (Å²) in [5.41, 5.74) is 3.67. The number of piperazine rings is 1. The molecule has 12 heteroatoms. The molecule has 0 spiro atoms. The van der Waals surface area contributed by atoms with Crippen LogP contribution in [0.1, 0.15) is 153 Å². The number of pyridine rings is 1. The number of aromatic nitrogens is 3. The van der Waals surface area contributed by atoms with Crippen molar-refractivity contribution in [1.82, 2.24) is 30.1 Å². The second-order valence-corrected chi connectivity index (χ2v) is 21.2. The Balaban J connectivity index is 0.643. The topological polar surface area (TPSA) is 134 Å². The summed E-state index contributed by atoms with van der Waals surface area (Å²) in [7, 11) is 1.69. The molecule has 64 heavy (non-hydrogen) atoms. The number of amides is 2. The van der Waals surface area contributed by atoms with Gasteiger partial charge < -0.3 is 25.6 Å². The van der Waals surface area contributed by atoms with Crippen LogP contribution in [-0.2, 0) is 9.59 Å². The van der Waals surface area contributed by atoms with Gasteiger partial charge in [0.25, 0.3) is 5.56 Å². The number of fused-ring (bicyclic) bond motifs is 1. The highest BCUT2D eigenvalue weighted by Gasteiger charge is 2.51. The highest BCUT2D eigenvalue weighted by molar-refractivity contribution is 5.81. The number of ether oxygens (including phenoxy) is 1. The molecular weight excluding hydrogens is 801 g/mol. The van der Waals surface area contributed by atoms with Crippen molar-refractivity contribution in [1.29, 1.82) is 0 Å². The van der Waals surface area contributed by atoms with E-state index in [-0.39, 0.29) is 29.5 Å². The van der Waals surface area contributed by atoms with E-state index in [0.29, 0.717) is 22.9 Å². The number of nitrogens with zero attached hydrogens (tertiary/aromatic N) is 5. The first-order chi connectivity index (χ1) is 31.2. The number of hydrogen-bond acceptors (Lipinski definition) is 9. The molecule has 3 aromatic rings. The third kappa shape index (κ3) is 11.1. The molecule has 7 fully saturated rings. The second kappa shape index (κ2) is 20.5. The van der Waals surface area contributed by atoms with E-state index < -0.39 is 0 Å². The SMILES string of the molecule is COc1cc(N2CCN(CCCCCCCCCCCCNC(=O)CC34CC5CC(CC(C5)C3)C4)CC2)ccc1Nc1ncc2c(C)cc(=O)n([C@H]3CC[C@@H](NC(=O)C4CC4)C3)c2n1. The van der Waals surface area contributed by atoms with Crippen LogP contribution in [0.15, 0.2) is 35.3 Å². The number of carbonyl (C=O) groups excluding carboxylic acids is 2. The molecule has 348 valence electrons. The number of hydrogen-bond donors (Lipinski definition) is 3. The molecule has 4 bridgehead atoms. The number of aryl methyl sites for hydroxylation is 1. The van der Waals surface area contributed by atoms with Crippen molar-refractivity contribution in [3.8, 4) is 5.75 Å². The third-order valence-electron chi connectivity index (χ3n) is 16.2. The van der Waals surface area contributed by atoms with E-state index in [0.717, 1.165) is 123 Å². The number of benzene rings is 1. The lowest BCUT2D eigenvalue weighted by Gasteiger charge is -2.56. The molecule has 0 radical (unpaired) electrons. The molecule has 6 aliphatic carbocycles. The highest BCUT2D eigenvalue weighted by Crippen LogP contribution is 2.61. The van der Waals surface area contributed by atoms with Crippen LogP contribution >= 0.6 is 0 Å². The number of rotatable bonds is 22. The Labute approximate surface area is 381 Å². The standard InChI is InChI=1S/C52H76N8O4/c1-36-25-48(62)60(43-16-15-41(29-43)55-50(63)40-13-14-40)49-44(36)35-54-51(57-49)56-45-18-17-42(30-46(45)64-2)59-23-21-58(22-24-59)20-12-10-8-6-4-3-5-7-9-11-19-53-47(61)34-52-31-37-26-38(32-52)28-39(27-37)33-52/h17-18,25,30,35,37-41,43H,3-16,19-24,26-29,31-34H2,1-2H3,(H,53,61)(H,55,63)(H,54,56,57)/t37?,38?,39?,41-,43+,52?/m1/s1. The van der Waals surface area contributed by atoms with Gasteiger partial charge in [-0.05, 0) is 138 Å². The molecule has 0 unspecified atom stereocenters. The molecule has 7 aliphatic rings. The van der Waals surface area contributed by atoms with Gasteiger partial charge in [0, 0.05) is 86.5 Å². The fraction of sp³-hybridized carbons (Fsp3) is 0.712. The Kier molecular flexibility index (Phi) is 14.4. The van der Waals surface area contributed by atoms with Gasteiger partial charge in [0.1, 0.15) is 11.4 Å². The minimum Gasteiger partial charge on any atom is -0.494 e. The first-order valence-corrected chi connectivity index (χ1v) is 25.6. The lowest BCUT2D eigenvalue weighted by atomic mass is 9.49. The van der Waals surface area contributed by atoms with Gasteiger partial charge in [-0.3, -0.25) is 23.9 Å². The smallest absolute Gasteiger partial charge is 0.252 e. The molecule has 2 aromatic heterocycles. The van der Waals surface area contributed by atoms with Crippen LogP contribution < -0.4 is 31.1 Å². The van der Waals surface area contributed by atoms with Crippen LogP contribution in [0.5, 0.6) is 5.75 Å². The third-order valence-corrected chi connectivity index (χ3v) is 16.2. The van der Waals surface area contributed by atoms with E-state index in [1.54, 1.807) is 19.4 Å². The van der Waals surface area contributed by atoms with Crippen LogP contribution in [0.25, 0.3) is 11.0 Å². The molecule has 1 saturated heterocycles. The Hall–Kier alpha value is -4.19. The maximum absolute atomic E-state index is 13.4. The zero-order valence-electron chi connectivity index (χ0n) is 39.0. The van der Waals surface area contributed by atoms with E-state index in [4.69, 9.17) is 9.72 Å². The molecule has 1 aromatic carbocycles. The summed E-state index contributed by atoms with van der Waals surface area (Å²) in [6, 6.07) is 7.99. The molecular formula is C52H76N8O4. The second-order valence-electron chi connectivity index (χ2n) is 21.2. The van der Waals surface area contributed by atoms with Gasteiger partial charge in [0.05, 0.1) is 12.8 Å². The first-order valence-electron chi connectivity index (χ1n) is 25.6. The molecule has 3 heterocycles. The molecule has 1 aliphatic heterocycles. The van der Waals surface area contributed by atoms with E-state index in [1.807, 2.05) is 17.6 Å². The minimum atomic E-state index is -0.0695. The summed E-state index contributed by atoms with van der Waals surface area (Å²) < 4.78 is 7.69. The monoisotopic (exact) mass is 877 g/mol. The van der Waals surface area contributed by atoms with Crippen LogP contribution in [-0.4, -0.2) is 83.7 Å². The number of methoxy groups -OCH3 is 1. The molecule has 12 nitrogen and oxygen atoms in total. The molecule has 6 saturated carbocycles. The van der Waals surface area contributed by atoms with Gasteiger partial charge in [-0.1, -0.05) is 51.4 Å². The van der Waals surface area contributed by atoms with Crippen molar-refractivity contribution < 1.29 is 14.3 Å². The number of anilines is 3. The minimum absolute atomic E-state index is 0.0350. The Bertz CT molecular complexity index is 2110. The lowest BCUT2D eigenvalue weighted by Crippen LogP contribution is -2.48. The summed E-state index contributed by atoms with van der Waals surface area (Å²) in [5, 5.41) is 10.7. The molecule has 2 atom stereocenters. The average Bonchev–Trinajstić information content (AvgIpc) is 4.04. The van der Waals surface area contributed by atoms with Gasteiger partial charge >= 0.3 is 0 Å². The quantitative estimate of drug-likeness (QED) is 0.0846. The predicted octanol–water partition coefficient (Wildman–Crippen LogP) is 9.22. The van der Waals surface area contributed by atoms with Crippen molar-refractivity contribution in [2.45, 2.75) is 160 Å².